The summed E-state index contributed by atoms with van der Waals surface area (Å²) in [5.41, 5.74) is 1.24. The number of hydrogen-bond acceptors (Lipinski definition) is 2. The number of hydrogen-bond donors (Lipinski definition) is 1. The van der Waals surface area contributed by atoms with Gasteiger partial charge in [0.25, 0.3) is 0 Å². The maximum Gasteiger partial charge on any atom is 0.246 e. The van der Waals surface area contributed by atoms with Crippen LogP contribution < -0.4 is 0 Å². The van der Waals surface area contributed by atoms with E-state index in [9.17, 15) is 18.7 Å². The van der Waals surface area contributed by atoms with Crippen LogP contribution in [-0.4, -0.2) is 35.1 Å². The minimum Gasteiger partial charge on any atom is -0.393 e. The number of aliphatic hydroxyl groups excluding tert-OH is 1. The van der Waals surface area contributed by atoms with Crippen molar-refractivity contribution in [2.75, 3.05) is 7.05 Å². The van der Waals surface area contributed by atoms with E-state index >= 15 is 0 Å². The summed E-state index contributed by atoms with van der Waals surface area (Å²) < 4.78 is 27.8. The fraction of sp³-hybridized carbons (Fsp3) is 0.577. The average Bonchev–Trinajstić information content (AvgIpc) is 2.99. The van der Waals surface area contributed by atoms with Gasteiger partial charge in [0.05, 0.1) is 12.1 Å². The van der Waals surface area contributed by atoms with Crippen LogP contribution in [0.4, 0.5) is 8.78 Å². The summed E-state index contributed by atoms with van der Waals surface area (Å²) in [5, 5.41) is 10.7. The Bertz CT molecular complexity index is 967. The highest BCUT2D eigenvalue weighted by molar-refractivity contribution is 5.89. The maximum absolute atomic E-state index is 13.9. The summed E-state index contributed by atoms with van der Waals surface area (Å²) in [6.45, 7) is 4.47. The second-order valence-corrected chi connectivity index (χ2v) is 10.7. The molecule has 1 aliphatic heterocycles. The van der Waals surface area contributed by atoms with Crippen molar-refractivity contribution < 1.29 is 18.7 Å². The first-order valence-corrected chi connectivity index (χ1v) is 11.4. The Morgan fingerprint density at radius 2 is 1.81 bits per heavy atom. The van der Waals surface area contributed by atoms with Gasteiger partial charge in [-0.25, -0.2) is 8.78 Å². The Morgan fingerprint density at radius 3 is 2.52 bits per heavy atom. The van der Waals surface area contributed by atoms with Crippen molar-refractivity contribution in [2.24, 2.45) is 28.6 Å². The summed E-state index contributed by atoms with van der Waals surface area (Å²) in [6, 6.07) is 3.46. The normalized spacial score (nSPS) is 43.0. The molecule has 0 aromatic heterocycles. The second kappa shape index (κ2) is 6.99. The first kappa shape index (κ1) is 20.9. The summed E-state index contributed by atoms with van der Waals surface area (Å²) in [6.07, 6.45) is 10.1. The predicted octanol–water partition coefficient (Wildman–Crippen LogP) is 4.96. The molecule has 0 spiro atoms. The average molecular weight is 428 g/mol. The molecule has 0 unspecified atom stereocenters. The zero-order valence-corrected chi connectivity index (χ0v) is 18.4. The molecule has 3 aliphatic carbocycles. The van der Waals surface area contributed by atoms with Crippen molar-refractivity contribution in [3.8, 4) is 0 Å². The molecule has 5 heteroatoms. The second-order valence-electron chi connectivity index (χ2n) is 10.7. The van der Waals surface area contributed by atoms with Crippen LogP contribution in [0.15, 0.2) is 35.9 Å². The fourth-order valence-electron chi connectivity index (χ4n) is 7.69. The third-order valence-corrected chi connectivity index (χ3v) is 9.15. The van der Waals surface area contributed by atoms with Crippen molar-refractivity contribution in [2.45, 2.75) is 58.1 Å². The highest BCUT2D eigenvalue weighted by Gasteiger charge is 2.61. The number of likely N-dealkylation sites (N-methyl/N-ethyl adjacent to an activating group) is 1. The van der Waals surface area contributed by atoms with Crippen LogP contribution >= 0.6 is 0 Å². The minimum atomic E-state index is -0.597. The van der Waals surface area contributed by atoms with Gasteiger partial charge >= 0.3 is 0 Å². The highest BCUT2D eigenvalue weighted by atomic mass is 19.1. The van der Waals surface area contributed by atoms with Gasteiger partial charge in [-0.1, -0.05) is 26.0 Å². The maximum atomic E-state index is 13.9. The lowest BCUT2D eigenvalue weighted by molar-refractivity contribution is -0.135. The van der Waals surface area contributed by atoms with Crippen molar-refractivity contribution in [3.05, 3.63) is 53.1 Å². The van der Waals surface area contributed by atoms with Crippen LogP contribution in [0.2, 0.25) is 0 Å². The fourth-order valence-corrected chi connectivity index (χ4v) is 7.69. The van der Waals surface area contributed by atoms with Crippen LogP contribution in [0.3, 0.4) is 0 Å². The van der Waals surface area contributed by atoms with Gasteiger partial charge in [0.1, 0.15) is 11.6 Å². The monoisotopic (exact) mass is 427 g/mol. The molecule has 5 rings (SSSR count). The molecule has 166 valence electrons. The number of halogens is 2. The smallest absolute Gasteiger partial charge is 0.246 e. The molecule has 3 nitrogen and oxygen atoms in total. The summed E-state index contributed by atoms with van der Waals surface area (Å²) in [7, 11) is 1.83. The van der Waals surface area contributed by atoms with E-state index in [4.69, 9.17) is 0 Å². The molecule has 3 saturated carbocycles. The van der Waals surface area contributed by atoms with Gasteiger partial charge in [-0.05, 0) is 84.6 Å². The van der Waals surface area contributed by atoms with Gasteiger partial charge in [0, 0.05) is 18.5 Å². The molecular formula is C26H31F2NO2. The largest absolute Gasteiger partial charge is 0.393 e. The Balaban J connectivity index is 1.63. The molecule has 1 heterocycles. The van der Waals surface area contributed by atoms with Crippen LogP contribution in [0.1, 0.15) is 51.5 Å². The molecule has 1 amide bonds. The molecule has 1 aromatic rings. The molecule has 7 atom stereocenters. The van der Waals surface area contributed by atoms with Crippen molar-refractivity contribution >= 4 is 12.0 Å². The number of fused-ring (bicyclic) bond motifs is 5. The molecule has 4 aliphatic rings. The lowest BCUT2D eigenvalue weighted by Crippen LogP contribution is -2.60. The van der Waals surface area contributed by atoms with Crippen molar-refractivity contribution in [1.82, 2.24) is 4.90 Å². The first-order valence-electron chi connectivity index (χ1n) is 11.4. The van der Waals surface area contributed by atoms with Gasteiger partial charge in [0.15, 0.2) is 0 Å². The molecule has 31 heavy (non-hydrogen) atoms. The zero-order chi connectivity index (χ0) is 22.1. The SMILES string of the molecule is CN1C(=O)C=C[C@]2(C)[C@H]3CC[C@]4(C)[C@@H](O)CC[C@H]4[C@@H]3CC(=Cc3cc(F)cc(F)c3)[C@@H]12. The minimum absolute atomic E-state index is 0.0332. The van der Waals surface area contributed by atoms with Crippen LogP contribution in [0, 0.1) is 40.2 Å². The van der Waals surface area contributed by atoms with Crippen LogP contribution in [0.5, 0.6) is 0 Å². The third-order valence-electron chi connectivity index (χ3n) is 9.15. The number of amides is 1. The quantitative estimate of drug-likeness (QED) is 0.688. The van der Waals surface area contributed by atoms with E-state index in [1.54, 1.807) is 11.0 Å². The zero-order valence-electron chi connectivity index (χ0n) is 18.4. The van der Waals surface area contributed by atoms with Crippen molar-refractivity contribution in [1.29, 1.82) is 0 Å². The van der Waals surface area contributed by atoms with Crippen LogP contribution in [0.25, 0.3) is 6.08 Å². The van der Waals surface area contributed by atoms with E-state index in [-0.39, 0.29) is 28.9 Å². The molecule has 1 N–H and O–H groups in total. The van der Waals surface area contributed by atoms with Gasteiger partial charge in [-0.3, -0.25) is 4.79 Å². The number of rotatable bonds is 1. The summed E-state index contributed by atoms with van der Waals surface area (Å²) in [5.74, 6) is -0.0137. The van der Waals surface area contributed by atoms with Gasteiger partial charge < -0.3 is 10.0 Å². The predicted molar refractivity (Wildman–Crippen MR) is 116 cm³/mol. The molecule has 3 fully saturated rings. The number of benzene rings is 1. The van der Waals surface area contributed by atoms with E-state index in [0.29, 0.717) is 23.3 Å². The number of aliphatic hydroxyl groups is 1. The van der Waals surface area contributed by atoms with E-state index in [2.05, 4.69) is 19.9 Å². The molecule has 1 aromatic carbocycles. The standard InChI is InChI=1S/C26H31F2NO2/c1-25-8-6-21-19(20(25)4-5-22(25)30)13-16(10-15-11-17(27)14-18(28)12-15)24-26(21,2)9-7-23(31)29(24)3/h7,9-12,14,19-22,24,30H,4-6,8,13H2,1-3H3/t19-,20-,21-,22-,24+,25-,26+/m0/s1. The van der Waals surface area contributed by atoms with Crippen molar-refractivity contribution in [3.63, 3.8) is 0 Å². The lowest BCUT2D eigenvalue weighted by atomic mass is 9.47. The molecule has 0 bridgehead atoms. The Kier molecular flexibility index (Phi) is 4.71. The van der Waals surface area contributed by atoms with E-state index < -0.39 is 11.6 Å². The van der Waals surface area contributed by atoms with Gasteiger partial charge in [-0.15, -0.1) is 0 Å². The molecular weight excluding hydrogens is 396 g/mol. The van der Waals surface area contributed by atoms with E-state index in [1.165, 1.54) is 12.1 Å². The Morgan fingerprint density at radius 1 is 1.10 bits per heavy atom. The van der Waals surface area contributed by atoms with Gasteiger partial charge in [0.2, 0.25) is 5.91 Å². The number of carbonyl (C=O) groups excluding carboxylic acids is 1. The van der Waals surface area contributed by atoms with Crippen LogP contribution in [-0.2, 0) is 4.79 Å². The first-order chi connectivity index (χ1) is 14.6. The summed E-state index contributed by atoms with van der Waals surface area (Å²) >= 11 is 0. The van der Waals surface area contributed by atoms with Gasteiger partial charge in [-0.2, -0.15) is 0 Å². The third kappa shape index (κ3) is 3.03. The molecule has 0 saturated heterocycles. The van der Waals surface area contributed by atoms with E-state index in [1.807, 2.05) is 13.1 Å². The lowest BCUT2D eigenvalue weighted by Gasteiger charge is -2.60. The number of carbonyl (C=O) groups is 1. The molecule has 0 radical (unpaired) electrons. The Hall–Kier alpha value is -2.01. The Labute approximate surface area is 182 Å². The number of nitrogens with zero attached hydrogens (tertiary/aromatic N) is 1. The highest BCUT2D eigenvalue weighted by Crippen LogP contribution is 2.64. The topological polar surface area (TPSA) is 40.5 Å². The van der Waals surface area contributed by atoms with E-state index in [0.717, 1.165) is 43.7 Å². The summed E-state index contributed by atoms with van der Waals surface area (Å²) in [4.78, 5) is 14.4.